The number of nitrogens with two attached hydrogens (primary N) is 1. The Balaban J connectivity index is 2.38. The van der Waals surface area contributed by atoms with Gasteiger partial charge in [0, 0.05) is 17.9 Å². The van der Waals surface area contributed by atoms with E-state index < -0.39 is 0 Å². The molecule has 4 nitrogen and oxygen atoms in total. The Kier molecular flexibility index (Phi) is 2.49. The van der Waals surface area contributed by atoms with Gasteiger partial charge in [0.1, 0.15) is 0 Å². The van der Waals surface area contributed by atoms with Crippen molar-refractivity contribution < 1.29 is 9.53 Å². The van der Waals surface area contributed by atoms with Gasteiger partial charge >= 0.3 is 5.97 Å². The smallest absolute Gasteiger partial charge is 0.313 e. The Hall–Kier alpha value is -1.71. The molecule has 0 amide bonds. The lowest BCUT2D eigenvalue weighted by Gasteiger charge is -2.25. The van der Waals surface area contributed by atoms with E-state index in [1.807, 2.05) is 18.2 Å². The van der Waals surface area contributed by atoms with Crippen LogP contribution < -0.4 is 11.1 Å². The normalized spacial score (nSPS) is 18.9. The molecule has 0 saturated heterocycles. The molecule has 1 heterocycles. The molecule has 15 heavy (non-hydrogen) atoms. The van der Waals surface area contributed by atoms with E-state index in [4.69, 9.17) is 10.5 Å². The van der Waals surface area contributed by atoms with Crippen molar-refractivity contribution in [1.82, 2.24) is 0 Å². The van der Waals surface area contributed by atoms with Gasteiger partial charge in [-0.15, -0.1) is 0 Å². The fourth-order valence-corrected chi connectivity index (χ4v) is 1.92. The van der Waals surface area contributed by atoms with Crippen LogP contribution in [0.25, 0.3) is 0 Å². The molecule has 1 aliphatic heterocycles. The Bertz CT molecular complexity index is 390. The summed E-state index contributed by atoms with van der Waals surface area (Å²) in [5.74, 6) is -0.339. The third-order valence-electron chi connectivity index (χ3n) is 2.69. The van der Waals surface area contributed by atoms with Gasteiger partial charge in [0.2, 0.25) is 0 Å². The maximum Gasteiger partial charge on any atom is 0.313 e. The lowest BCUT2D eigenvalue weighted by molar-refractivity contribution is -0.142. The highest BCUT2D eigenvalue weighted by molar-refractivity contribution is 5.82. The highest BCUT2D eigenvalue weighted by Crippen LogP contribution is 2.33. The summed E-state index contributed by atoms with van der Waals surface area (Å²) < 4.78 is 4.78. The van der Waals surface area contributed by atoms with E-state index in [1.165, 1.54) is 7.11 Å². The van der Waals surface area contributed by atoms with Gasteiger partial charge in [-0.3, -0.25) is 4.79 Å². The number of ether oxygens (including phenoxy) is 1. The number of nitrogen functional groups attached to an aromatic ring is 1. The quantitative estimate of drug-likeness (QED) is 0.537. The molecule has 1 aromatic carbocycles. The summed E-state index contributed by atoms with van der Waals surface area (Å²) in [7, 11) is 1.42. The van der Waals surface area contributed by atoms with Crippen molar-refractivity contribution in [3.63, 3.8) is 0 Å². The van der Waals surface area contributed by atoms with Crippen LogP contribution in [-0.4, -0.2) is 19.6 Å². The molecule has 1 aromatic rings. The van der Waals surface area contributed by atoms with E-state index in [2.05, 4.69) is 5.32 Å². The largest absolute Gasteiger partial charge is 0.469 e. The second-order valence-electron chi connectivity index (χ2n) is 3.64. The van der Waals surface area contributed by atoms with E-state index in [0.717, 1.165) is 24.2 Å². The Morgan fingerprint density at radius 2 is 2.40 bits per heavy atom. The van der Waals surface area contributed by atoms with Gasteiger partial charge in [0.15, 0.2) is 0 Å². The Morgan fingerprint density at radius 3 is 3.13 bits per heavy atom. The molecular formula is C11H14N2O2. The zero-order chi connectivity index (χ0) is 10.8. The number of esters is 1. The van der Waals surface area contributed by atoms with Crippen LogP contribution in [0.15, 0.2) is 18.2 Å². The fourth-order valence-electron chi connectivity index (χ4n) is 1.92. The molecule has 4 heteroatoms. The van der Waals surface area contributed by atoms with Crippen LogP contribution >= 0.6 is 0 Å². The number of fused-ring (bicyclic) bond motifs is 1. The topological polar surface area (TPSA) is 64.3 Å². The molecule has 0 radical (unpaired) electrons. The van der Waals surface area contributed by atoms with Crippen LogP contribution in [0.4, 0.5) is 11.4 Å². The minimum Gasteiger partial charge on any atom is -0.469 e. The van der Waals surface area contributed by atoms with Gasteiger partial charge in [-0.25, -0.2) is 0 Å². The molecule has 0 aromatic heterocycles. The second-order valence-corrected chi connectivity index (χ2v) is 3.64. The van der Waals surface area contributed by atoms with Gasteiger partial charge in [0.05, 0.1) is 13.0 Å². The van der Waals surface area contributed by atoms with Crippen LogP contribution in [0.2, 0.25) is 0 Å². The van der Waals surface area contributed by atoms with Crippen molar-refractivity contribution in [2.75, 3.05) is 24.7 Å². The standard InChI is InChI=1S/C11H14N2O2/c1-15-11(14)9-4-5-13-10-6-7(12)2-3-8(9)10/h2-3,6,9,13H,4-5,12H2,1H3. The molecule has 1 unspecified atom stereocenters. The number of rotatable bonds is 1. The SMILES string of the molecule is COC(=O)C1CCNc2cc(N)ccc21. The predicted molar refractivity (Wildman–Crippen MR) is 58.7 cm³/mol. The first kappa shape index (κ1) is 9.83. The maximum atomic E-state index is 11.5. The molecule has 1 aliphatic rings. The number of anilines is 2. The summed E-state index contributed by atoms with van der Waals surface area (Å²) in [6.07, 6.45) is 0.767. The number of benzene rings is 1. The number of nitrogens with one attached hydrogen (secondary N) is 1. The third kappa shape index (κ3) is 1.75. The first-order chi connectivity index (χ1) is 7.22. The Labute approximate surface area is 88.4 Å². The molecule has 0 saturated carbocycles. The monoisotopic (exact) mass is 206 g/mol. The van der Waals surface area contributed by atoms with Crippen LogP contribution in [0.5, 0.6) is 0 Å². The lowest BCUT2D eigenvalue weighted by atomic mass is 9.91. The number of carbonyl (C=O) groups is 1. The second kappa shape index (κ2) is 3.81. The van der Waals surface area contributed by atoms with Crippen LogP contribution in [0, 0.1) is 0 Å². The molecule has 0 bridgehead atoms. The van der Waals surface area contributed by atoms with Gasteiger partial charge < -0.3 is 15.8 Å². The van der Waals surface area contributed by atoms with Gasteiger partial charge in [0.25, 0.3) is 0 Å². The van der Waals surface area contributed by atoms with Crippen LogP contribution in [-0.2, 0) is 9.53 Å². The van der Waals surface area contributed by atoms with Gasteiger partial charge in [-0.05, 0) is 24.1 Å². The molecule has 0 spiro atoms. The lowest BCUT2D eigenvalue weighted by Crippen LogP contribution is -2.23. The number of methoxy groups -OCH3 is 1. The van der Waals surface area contributed by atoms with Crippen LogP contribution in [0.1, 0.15) is 17.9 Å². The molecule has 1 atom stereocenters. The highest BCUT2D eigenvalue weighted by atomic mass is 16.5. The maximum absolute atomic E-state index is 11.5. The Morgan fingerprint density at radius 1 is 1.60 bits per heavy atom. The van der Waals surface area contributed by atoms with Gasteiger partial charge in [-0.1, -0.05) is 6.07 Å². The average molecular weight is 206 g/mol. The summed E-state index contributed by atoms with van der Waals surface area (Å²) in [6.45, 7) is 0.774. The van der Waals surface area contributed by atoms with E-state index in [1.54, 1.807) is 0 Å². The summed E-state index contributed by atoms with van der Waals surface area (Å²) in [6, 6.07) is 5.55. The van der Waals surface area contributed by atoms with E-state index >= 15 is 0 Å². The molecule has 80 valence electrons. The first-order valence-electron chi connectivity index (χ1n) is 4.93. The first-order valence-corrected chi connectivity index (χ1v) is 4.93. The summed E-state index contributed by atoms with van der Waals surface area (Å²) in [5, 5.41) is 3.22. The number of carbonyl (C=O) groups excluding carboxylic acids is 1. The zero-order valence-electron chi connectivity index (χ0n) is 8.62. The van der Waals surface area contributed by atoms with E-state index in [-0.39, 0.29) is 11.9 Å². The van der Waals surface area contributed by atoms with Crippen molar-refractivity contribution >= 4 is 17.3 Å². The van der Waals surface area contributed by atoms with Crippen molar-refractivity contribution in [1.29, 1.82) is 0 Å². The fraction of sp³-hybridized carbons (Fsp3) is 0.364. The molecule has 0 aliphatic carbocycles. The summed E-state index contributed by atoms with van der Waals surface area (Å²) >= 11 is 0. The van der Waals surface area contributed by atoms with Crippen molar-refractivity contribution in [2.24, 2.45) is 0 Å². The highest BCUT2D eigenvalue weighted by Gasteiger charge is 2.26. The van der Waals surface area contributed by atoms with Crippen molar-refractivity contribution in [2.45, 2.75) is 12.3 Å². The molecule has 3 N–H and O–H groups in total. The molecular weight excluding hydrogens is 192 g/mol. The van der Waals surface area contributed by atoms with Gasteiger partial charge in [-0.2, -0.15) is 0 Å². The molecule has 0 fully saturated rings. The minimum absolute atomic E-state index is 0.160. The predicted octanol–water partition coefficient (Wildman–Crippen LogP) is 1.34. The van der Waals surface area contributed by atoms with Crippen LogP contribution in [0.3, 0.4) is 0 Å². The average Bonchev–Trinajstić information content (AvgIpc) is 2.26. The van der Waals surface area contributed by atoms with E-state index in [9.17, 15) is 4.79 Å². The van der Waals surface area contributed by atoms with Crippen molar-refractivity contribution in [3.05, 3.63) is 23.8 Å². The third-order valence-corrected chi connectivity index (χ3v) is 2.69. The molecule has 2 rings (SSSR count). The number of hydrogen-bond donors (Lipinski definition) is 2. The summed E-state index contributed by atoms with van der Waals surface area (Å²) in [4.78, 5) is 11.5. The number of hydrogen-bond acceptors (Lipinski definition) is 4. The summed E-state index contributed by atoms with van der Waals surface area (Å²) in [5.41, 5.74) is 8.30. The van der Waals surface area contributed by atoms with Crippen molar-refractivity contribution in [3.8, 4) is 0 Å². The van der Waals surface area contributed by atoms with E-state index in [0.29, 0.717) is 5.69 Å². The zero-order valence-corrected chi connectivity index (χ0v) is 8.62. The minimum atomic E-state index is -0.178.